The molecule has 2 aromatic heterocycles. The van der Waals surface area contributed by atoms with Crippen LogP contribution in [0.25, 0.3) is 22.2 Å². The Morgan fingerprint density at radius 1 is 1.29 bits per heavy atom. The number of hydrogen-bond donors (Lipinski definition) is 2. The maximum absolute atomic E-state index is 14.1. The number of amides is 1. The standard InChI is InChI=1S/C19H15ClN3O3PS/c1-26-27(25,13-4-2-3-11(7-13)16-9-28-10-22-16)18-14-8-12(20)5-6-15(14)23-17(18)19(21)24/h2-10,23H,1H3,(H2,21,24). The van der Waals surface area contributed by atoms with Crippen molar-refractivity contribution in [1.82, 2.24) is 9.97 Å². The highest BCUT2D eigenvalue weighted by Gasteiger charge is 2.35. The van der Waals surface area contributed by atoms with Crippen LogP contribution >= 0.6 is 30.3 Å². The number of benzene rings is 2. The summed E-state index contributed by atoms with van der Waals surface area (Å²) in [5, 5.41) is 3.53. The summed E-state index contributed by atoms with van der Waals surface area (Å²) in [6.45, 7) is 0. The van der Waals surface area contributed by atoms with Crippen LogP contribution in [0.5, 0.6) is 0 Å². The first-order chi connectivity index (χ1) is 13.4. The van der Waals surface area contributed by atoms with Gasteiger partial charge >= 0.3 is 0 Å². The van der Waals surface area contributed by atoms with Crippen molar-refractivity contribution < 1.29 is 13.9 Å². The molecule has 0 aliphatic heterocycles. The number of fused-ring (bicyclic) bond motifs is 1. The van der Waals surface area contributed by atoms with Gasteiger partial charge in [0.25, 0.3) is 13.3 Å². The first-order valence-electron chi connectivity index (χ1n) is 8.20. The van der Waals surface area contributed by atoms with E-state index in [0.29, 0.717) is 21.2 Å². The molecule has 2 heterocycles. The van der Waals surface area contributed by atoms with Crippen molar-refractivity contribution in [3.05, 3.63) is 64.1 Å². The number of thiazole rings is 1. The van der Waals surface area contributed by atoms with Gasteiger partial charge in [0.2, 0.25) is 0 Å². The summed E-state index contributed by atoms with van der Waals surface area (Å²) in [5.41, 5.74) is 9.50. The van der Waals surface area contributed by atoms with Crippen molar-refractivity contribution in [2.24, 2.45) is 5.73 Å². The van der Waals surface area contributed by atoms with Crippen LogP contribution in [0.1, 0.15) is 10.5 Å². The van der Waals surface area contributed by atoms with Crippen molar-refractivity contribution in [2.75, 3.05) is 7.11 Å². The Morgan fingerprint density at radius 3 is 2.79 bits per heavy atom. The average molecular weight is 432 g/mol. The Bertz CT molecular complexity index is 1240. The van der Waals surface area contributed by atoms with Crippen LogP contribution in [0.2, 0.25) is 5.02 Å². The van der Waals surface area contributed by atoms with Gasteiger partial charge in [-0.3, -0.25) is 9.36 Å². The lowest BCUT2D eigenvalue weighted by atomic mass is 10.2. The van der Waals surface area contributed by atoms with Gasteiger partial charge in [-0.25, -0.2) is 4.98 Å². The summed E-state index contributed by atoms with van der Waals surface area (Å²) in [7, 11) is -2.31. The molecule has 142 valence electrons. The number of rotatable bonds is 5. The maximum Gasteiger partial charge on any atom is 0.266 e. The van der Waals surface area contributed by atoms with E-state index >= 15 is 0 Å². The van der Waals surface area contributed by atoms with E-state index in [1.807, 2.05) is 11.4 Å². The van der Waals surface area contributed by atoms with Crippen LogP contribution in [-0.4, -0.2) is 23.0 Å². The Morgan fingerprint density at radius 2 is 2.11 bits per heavy atom. The molecule has 28 heavy (non-hydrogen) atoms. The van der Waals surface area contributed by atoms with Gasteiger partial charge in [0.05, 0.1) is 16.5 Å². The summed E-state index contributed by atoms with van der Waals surface area (Å²) >= 11 is 7.61. The predicted octanol–water partition coefficient (Wildman–Crippen LogP) is 3.92. The second-order valence-corrected chi connectivity index (χ2v) is 9.65. The number of nitrogens with two attached hydrogens (primary N) is 1. The molecule has 0 radical (unpaired) electrons. The largest absolute Gasteiger partial charge is 0.364 e. The van der Waals surface area contributed by atoms with E-state index in [0.717, 1.165) is 11.3 Å². The molecule has 1 amide bonds. The third-order valence-electron chi connectivity index (χ3n) is 4.45. The Labute approximate surface area is 169 Å². The van der Waals surface area contributed by atoms with E-state index < -0.39 is 13.3 Å². The molecule has 0 saturated heterocycles. The summed E-state index contributed by atoms with van der Waals surface area (Å²) in [5.74, 6) is -0.727. The van der Waals surface area contributed by atoms with Gasteiger partial charge in [0, 0.05) is 39.3 Å². The normalized spacial score (nSPS) is 13.5. The predicted molar refractivity (Wildman–Crippen MR) is 113 cm³/mol. The monoisotopic (exact) mass is 431 g/mol. The van der Waals surface area contributed by atoms with E-state index in [9.17, 15) is 9.36 Å². The SMILES string of the molecule is COP(=O)(c1cccc(-c2cscn2)c1)c1c(C(N)=O)[nH]c2ccc(Cl)cc12. The minimum absolute atomic E-state index is 0.0431. The van der Waals surface area contributed by atoms with Crippen LogP contribution in [-0.2, 0) is 9.09 Å². The number of H-pyrrole nitrogens is 1. The fourth-order valence-corrected chi connectivity index (χ4v) is 6.10. The number of nitrogens with one attached hydrogen (secondary N) is 1. The Balaban J connectivity index is 2.00. The van der Waals surface area contributed by atoms with Gasteiger partial charge in [-0.2, -0.15) is 0 Å². The van der Waals surface area contributed by atoms with Crippen LogP contribution in [0, 0.1) is 0 Å². The molecular weight excluding hydrogens is 417 g/mol. The third-order valence-corrected chi connectivity index (χ3v) is 7.79. The molecule has 6 nitrogen and oxygen atoms in total. The van der Waals surface area contributed by atoms with E-state index in [1.54, 1.807) is 41.9 Å². The zero-order valence-corrected chi connectivity index (χ0v) is 17.1. The molecule has 1 unspecified atom stereocenters. The van der Waals surface area contributed by atoms with Crippen LogP contribution in [0.4, 0.5) is 0 Å². The summed E-state index contributed by atoms with van der Waals surface area (Å²) in [6, 6.07) is 12.1. The number of halogens is 1. The third kappa shape index (κ3) is 3.06. The molecule has 0 saturated carbocycles. The minimum atomic E-state index is -3.66. The van der Waals surface area contributed by atoms with Gasteiger partial charge in [0.1, 0.15) is 5.69 Å². The van der Waals surface area contributed by atoms with Crippen LogP contribution in [0.3, 0.4) is 0 Å². The van der Waals surface area contributed by atoms with E-state index in [-0.39, 0.29) is 11.0 Å². The summed E-state index contributed by atoms with van der Waals surface area (Å²) < 4.78 is 19.7. The van der Waals surface area contributed by atoms with Gasteiger partial charge in [-0.05, 0) is 30.3 Å². The minimum Gasteiger partial charge on any atom is -0.364 e. The van der Waals surface area contributed by atoms with Crippen molar-refractivity contribution in [1.29, 1.82) is 0 Å². The molecule has 2 aromatic carbocycles. The van der Waals surface area contributed by atoms with E-state index in [4.69, 9.17) is 21.9 Å². The topological polar surface area (TPSA) is 98.1 Å². The average Bonchev–Trinajstić information content (AvgIpc) is 3.35. The maximum atomic E-state index is 14.1. The van der Waals surface area contributed by atoms with Gasteiger partial charge in [-0.15, -0.1) is 11.3 Å². The number of aromatic nitrogens is 2. The molecule has 0 fully saturated rings. The number of nitrogens with zero attached hydrogens (tertiary/aromatic N) is 1. The quantitative estimate of drug-likeness (QED) is 0.468. The number of aromatic amines is 1. The number of primary amides is 1. The molecule has 9 heteroatoms. The lowest BCUT2D eigenvalue weighted by Crippen LogP contribution is -2.25. The molecule has 3 N–H and O–H groups in total. The van der Waals surface area contributed by atoms with E-state index in [2.05, 4.69) is 9.97 Å². The molecule has 4 aromatic rings. The van der Waals surface area contributed by atoms with Gasteiger partial charge in [0.15, 0.2) is 0 Å². The lowest BCUT2D eigenvalue weighted by molar-refractivity contribution is 0.0997. The van der Waals surface area contributed by atoms with E-state index in [1.165, 1.54) is 18.4 Å². The molecule has 0 aliphatic carbocycles. The lowest BCUT2D eigenvalue weighted by Gasteiger charge is -2.18. The highest BCUT2D eigenvalue weighted by atomic mass is 35.5. The second kappa shape index (κ2) is 7.18. The van der Waals surface area contributed by atoms with Gasteiger partial charge < -0.3 is 15.2 Å². The molecule has 0 aliphatic rings. The Kier molecular flexibility index (Phi) is 4.85. The zero-order chi connectivity index (χ0) is 19.9. The fraction of sp³-hybridized carbons (Fsp3) is 0.0526. The van der Waals surface area contributed by atoms with Crippen molar-refractivity contribution in [3.63, 3.8) is 0 Å². The number of carbonyl (C=O) groups is 1. The first-order valence-corrected chi connectivity index (χ1v) is 11.1. The smallest absolute Gasteiger partial charge is 0.266 e. The second-order valence-electron chi connectivity index (χ2n) is 6.06. The molecule has 1 atom stereocenters. The Hall–Kier alpha value is -2.44. The van der Waals surface area contributed by atoms with Crippen molar-refractivity contribution in [2.45, 2.75) is 0 Å². The molecular formula is C19H15ClN3O3PS. The molecule has 4 rings (SSSR count). The summed E-state index contributed by atoms with van der Waals surface area (Å²) in [6.07, 6.45) is 0. The molecule has 0 spiro atoms. The number of carbonyl (C=O) groups excluding carboxylic acids is 1. The van der Waals surface area contributed by atoms with Crippen molar-refractivity contribution in [3.8, 4) is 11.3 Å². The summed E-state index contributed by atoms with van der Waals surface area (Å²) in [4.78, 5) is 19.3. The fourth-order valence-electron chi connectivity index (χ4n) is 3.16. The highest BCUT2D eigenvalue weighted by Crippen LogP contribution is 2.47. The first kappa shape index (κ1) is 18.9. The zero-order valence-electron chi connectivity index (χ0n) is 14.7. The number of hydrogen-bond acceptors (Lipinski definition) is 5. The van der Waals surface area contributed by atoms with Crippen LogP contribution in [0.15, 0.2) is 53.4 Å². The van der Waals surface area contributed by atoms with Gasteiger partial charge in [-0.1, -0.05) is 23.7 Å². The van der Waals surface area contributed by atoms with Crippen LogP contribution < -0.4 is 16.3 Å². The highest BCUT2D eigenvalue weighted by molar-refractivity contribution is 7.75. The molecule has 0 bridgehead atoms. The van der Waals surface area contributed by atoms with Crippen molar-refractivity contribution >= 4 is 57.7 Å².